The zero-order chi connectivity index (χ0) is 13.8. The van der Waals surface area contributed by atoms with Gasteiger partial charge in [0.1, 0.15) is 0 Å². The fourth-order valence-corrected chi connectivity index (χ4v) is 1.89. The molecule has 1 aliphatic rings. The van der Waals surface area contributed by atoms with Gasteiger partial charge in [-0.05, 0) is 6.07 Å². The molecule has 1 N–H and O–H groups in total. The topological polar surface area (TPSA) is 88.7 Å². The maximum absolute atomic E-state index is 12.3. The monoisotopic (exact) mass is 266 g/mol. The lowest BCUT2D eigenvalue weighted by Crippen LogP contribution is -2.53. The number of aromatic nitrogens is 1. The van der Waals surface area contributed by atoms with Crippen LogP contribution >= 0.6 is 0 Å². The van der Waals surface area contributed by atoms with Crippen LogP contribution in [0.25, 0.3) is 0 Å². The van der Waals surface area contributed by atoms with Gasteiger partial charge in [0.2, 0.25) is 5.56 Å². The first-order valence-corrected chi connectivity index (χ1v) is 5.79. The number of amides is 1. The number of methoxy groups -OCH3 is 1. The van der Waals surface area contributed by atoms with Gasteiger partial charge in [-0.1, -0.05) is 0 Å². The van der Waals surface area contributed by atoms with Gasteiger partial charge in [-0.15, -0.1) is 0 Å². The van der Waals surface area contributed by atoms with E-state index in [0.29, 0.717) is 18.7 Å². The van der Waals surface area contributed by atoms with Gasteiger partial charge in [0.15, 0.2) is 6.04 Å². The molecule has 2 rings (SSSR count). The molecule has 1 amide bonds. The van der Waals surface area contributed by atoms with Crippen molar-refractivity contribution < 1.29 is 19.1 Å². The van der Waals surface area contributed by atoms with E-state index in [-0.39, 0.29) is 18.1 Å². The number of H-pyrrole nitrogens is 1. The van der Waals surface area contributed by atoms with Crippen molar-refractivity contribution in [3.8, 4) is 0 Å². The molecular formula is C12H14N2O5. The zero-order valence-corrected chi connectivity index (χ0v) is 10.4. The van der Waals surface area contributed by atoms with Crippen LogP contribution in [0.4, 0.5) is 0 Å². The lowest BCUT2D eigenvalue weighted by atomic mass is 10.1. The van der Waals surface area contributed by atoms with Crippen molar-refractivity contribution in [3.05, 3.63) is 34.2 Å². The Morgan fingerprint density at radius 1 is 1.47 bits per heavy atom. The first kappa shape index (κ1) is 13.3. The Morgan fingerprint density at radius 3 is 2.89 bits per heavy atom. The van der Waals surface area contributed by atoms with E-state index in [1.165, 1.54) is 30.3 Å². The Morgan fingerprint density at radius 2 is 2.26 bits per heavy atom. The quantitative estimate of drug-likeness (QED) is 0.721. The molecule has 0 saturated carbocycles. The summed E-state index contributed by atoms with van der Waals surface area (Å²) in [5.74, 6) is -0.854. The molecule has 0 spiro atoms. The summed E-state index contributed by atoms with van der Waals surface area (Å²) in [6, 6.07) is 1.93. The molecule has 7 nitrogen and oxygen atoms in total. The Balaban J connectivity index is 2.22. The summed E-state index contributed by atoms with van der Waals surface area (Å²) in [4.78, 5) is 38.7. The van der Waals surface area contributed by atoms with Crippen molar-refractivity contribution in [1.29, 1.82) is 0 Å². The first-order valence-electron chi connectivity index (χ1n) is 5.79. The van der Waals surface area contributed by atoms with Crippen LogP contribution in [-0.2, 0) is 14.3 Å². The highest BCUT2D eigenvalue weighted by molar-refractivity contribution is 5.96. The summed E-state index contributed by atoms with van der Waals surface area (Å²) in [5, 5.41) is 0. The van der Waals surface area contributed by atoms with E-state index >= 15 is 0 Å². The van der Waals surface area contributed by atoms with Crippen LogP contribution in [0, 0.1) is 0 Å². The molecule has 0 aromatic carbocycles. The molecule has 1 aromatic heterocycles. The summed E-state index contributed by atoms with van der Waals surface area (Å²) in [6.07, 6.45) is 1.33. The van der Waals surface area contributed by atoms with E-state index in [1.54, 1.807) is 0 Å². The second kappa shape index (κ2) is 5.66. The van der Waals surface area contributed by atoms with Crippen molar-refractivity contribution in [2.45, 2.75) is 6.04 Å². The number of pyridine rings is 1. The fraction of sp³-hybridized carbons (Fsp3) is 0.417. The Hall–Kier alpha value is -2.15. The second-order valence-corrected chi connectivity index (χ2v) is 4.05. The second-order valence-electron chi connectivity index (χ2n) is 4.05. The molecule has 102 valence electrons. The number of hydrogen-bond donors (Lipinski definition) is 1. The van der Waals surface area contributed by atoms with Gasteiger partial charge >= 0.3 is 5.97 Å². The molecule has 0 aliphatic carbocycles. The number of morpholine rings is 1. The minimum atomic E-state index is -0.752. The molecule has 0 bridgehead atoms. The number of nitrogens with zero attached hydrogens (tertiary/aromatic N) is 1. The van der Waals surface area contributed by atoms with Gasteiger partial charge in [0.05, 0.1) is 25.9 Å². The summed E-state index contributed by atoms with van der Waals surface area (Å²) in [7, 11) is 1.26. The summed E-state index contributed by atoms with van der Waals surface area (Å²) in [5.41, 5.74) is 0.0263. The van der Waals surface area contributed by atoms with Gasteiger partial charge < -0.3 is 19.4 Å². The van der Waals surface area contributed by atoms with Crippen LogP contribution in [0.15, 0.2) is 23.1 Å². The predicted molar refractivity (Wildman–Crippen MR) is 64.7 cm³/mol. The summed E-state index contributed by atoms with van der Waals surface area (Å²) < 4.78 is 9.84. The number of rotatable bonds is 2. The molecule has 7 heteroatoms. The maximum atomic E-state index is 12.3. The smallest absolute Gasteiger partial charge is 0.331 e. The molecule has 19 heavy (non-hydrogen) atoms. The number of esters is 1. The average Bonchev–Trinajstić information content (AvgIpc) is 2.46. The summed E-state index contributed by atoms with van der Waals surface area (Å²) >= 11 is 0. The SMILES string of the molecule is COC(=O)C1COCCN1C(=O)c1ccc(=O)[nH]c1. The molecule has 2 heterocycles. The number of aromatic amines is 1. The van der Waals surface area contributed by atoms with Gasteiger partial charge in [0.25, 0.3) is 5.91 Å². The minimum Gasteiger partial charge on any atom is -0.467 e. The van der Waals surface area contributed by atoms with Gasteiger partial charge in [-0.3, -0.25) is 9.59 Å². The van der Waals surface area contributed by atoms with Gasteiger partial charge in [-0.25, -0.2) is 4.79 Å². The molecule has 1 saturated heterocycles. The number of nitrogens with one attached hydrogen (secondary N) is 1. The lowest BCUT2D eigenvalue weighted by Gasteiger charge is -2.33. The highest BCUT2D eigenvalue weighted by Gasteiger charge is 2.34. The van der Waals surface area contributed by atoms with E-state index in [0.717, 1.165) is 0 Å². The van der Waals surface area contributed by atoms with Crippen molar-refractivity contribution in [3.63, 3.8) is 0 Å². The number of ether oxygens (including phenoxy) is 2. The zero-order valence-electron chi connectivity index (χ0n) is 10.4. The van der Waals surface area contributed by atoms with E-state index < -0.39 is 12.0 Å². The number of carbonyl (C=O) groups excluding carboxylic acids is 2. The van der Waals surface area contributed by atoms with Crippen molar-refractivity contribution in [2.75, 3.05) is 26.9 Å². The normalized spacial score (nSPS) is 19.0. The van der Waals surface area contributed by atoms with Crippen LogP contribution in [0.2, 0.25) is 0 Å². The highest BCUT2D eigenvalue weighted by atomic mass is 16.5. The largest absolute Gasteiger partial charge is 0.467 e. The van der Waals surface area contributed by atoms with Crippen molar-refractivity contribution >= 4 is 11.9 Å². The number of carbonyl (C=O) groups is 2. The molecule has 1 unspecified atom stereocenters. The predicted octanol–water partition coefficient (Wildman–Crippen LogP) is -0.611. The van der Waals surface area contributed by atoms with Crippen molar-refractivity contribution in [1.82, 2.24) is 9.88 Å². The van der Waals surface area contributed by atoms with Crippen LogP contribution in [0.1, 0.15) is 10.4 Å². The standard InChI is InChI=1S/C12H14N2O5/c1-18-12(17)9-7-19-5-4-14(9)11(16)8-2-3-10(15)13-6-8/h2-3,6,9H,4-5,7H2,1H3,(H,13,15). The molecule has 1 aromatic rings. The third-order valence-electron chi connectivity index (χ3n) is 2.89. The maximum Gasteiger partial charge on any atom is 0.331 e. The Labute approximate surface area is 109 Å². The first-order chi connectivity index (χ1) is 9.13. The van der Waals surface area contributed by atoms with Gasteiger partial charge in [0, 0.05) is 18.8 Å². The highest BCUT2D eigenvalue weighted by Crippen LogP contribution is 2.12. The average molecular weight is 266 g/mol. The van der Waals surface area contributed by atoms with E-state index in [4.69, 9.17) is 4.74 Å². The number of hydrogen-bond acceptors (Lipinski definition) is 5. The molecule has 1 atom stereocenters. The molecular weight excluding hydrogens is 252 g/mol. The minimum absolute atomic E-state index is 0.113. The fourth-order valence-electron chi connectivity index (χ4n) is 1.89. The molecule has 1 fully saturated rings. The van der Waals surface area contributed by atoms with Crippen LogP contribution in [-0.4, -0.2) is 54.7 Å². The summed E-state index contributed by atoms with van der Waals surface area (Å²) in [6.45, 7) is 0.780. The van der Waals surface area contributed by atoms with E-state index in [2.05, 4.69) is 9.72 Å². The Bertz CT molecular complexity index is 519. The van der Waals surface area contributed by atoms with Crippen LogP contribution in [0.5, 0.6) is 0 Å². The van der Waals surface area contributed by atoms with Gasteiger partial charge in [-0.2, -0.15) is 0 Å². The van der Waals surface area contributed by atoms with E-state index in [9.17, 15) is 14.4 Å². The van der Waals surface area contributed by atoms with Crippen LogP contribution in [0.3, 0.4) is 0 Å². The Kier molecular flexibility index (Phi) is 3.96. The van der Waals surface area contributed by atoms with E-state index in [1.807, 2.05) is 0 Å². The third kappa shape index (κ3) is 2.82. The third-order valence-corrected chi connectivity index (χ3v) is 2.89. The lowest BCUT2D eigenvalue weighted by molar-refractivity contribution is -0.151. The van der Waals surface area contributed by atoms with Crippen molar-refractivity contribution in [2.24, 2.45) is 0 Å². The van der Waals surface area contributed by atoms with Crippen LogP contribution < -0.4 is 5.56 Å². The molecule has 0 radical (unpaired) electrons. The molecule has 1 aliphatic heterocycles.